The molecule has 1 atom stereocenters. The monoisotopic (exact) mass is 504 g/mol. The topological polar surface area (TPSA) is 113 Å². The molecule has 1 saturated heterocycles. The maximum atomic E-state index is 14.1. The first kappa shape index (κ1) is 23.4. The lowest BCUT2D eigenvalue weighted by Crippen LogP contribution is -2.37. The number of amides is 1. The summed E-state index contributed by atoms with van der Waals surface area (Å²) in [5.74, 6) is 1.39. The summed E-state index contributed by atoms with van der Waals surface area (Å²) in [5.41, 5.74) is 3.09. The standard InChI is InChI=1S/C26H29FN8O2/c1-37-24-9-6-17(27)13-20(24)22-3-2-11-34(22)19-10-12-35-23(14-19)21(15-28-35)26(36)29-18-7-4-16(5-8-18)25-30-32-33-31-25/h6,9-10,12-16,18,22H,2-5,7-8,11H2,1H3,(H,29,36)(H,30,31,32,33)/t16-,18-,22-/m1/s1. The molecule has 0 spiro atoms. The molecule has 4 aromatic rings. The Labute approximate surface area is 213 Å². The van der Waals surface area contributed by atoms with Crippen LogP contribution < -0.4 is 15.0 Å². The predicted molar refractivity (Wildman–Crippen MR) is 134 cm³/mol. The van der Waals surface area contributed by atoms with E-state index in [1.54, 1.807) is 30.0 Å². The zero-order valence-electron chi connectivity index (χ0n) is 20.6. The number of pyridine rings is 1. The van der Waals surface area contributed by atoms with E-state index in [0.717, 1.165) is 67.7 Å². The number of rotatable bonds is 6. The summed E-state index contributed by atoms with van der Waals surface area (Å²) in [4.78, 5) is 15.5. The molecular formula is C26H29FN8O2. The molecule has 2 aliphatic rings. The minimum absolute atomic E-state index is 0.0111. The largest absolute Gasteiger partial charge is 0.496 e. The first-order chi connectivity index (χ1) is 18.1. The van der Waals surface area contributed by atoms with E-state index in [1.165, 1.54) is 6.07 Å². The number of methoxy groups -OCH3 is 1. The van der Waals surface area contributed by atoms with Crippen molar-refractivity contribution in [2.24, 2.45) is 0 Å². The number of halogens is 1. The summed E-state index contributed by atoms with van der Waals surface area (Å²) in [6.07, 6.45) is 8.94. The van der Waals surface area contributed by atoms with Crippen molar-refractivity contribution in [3.63, 3.8) is 0 Å². The molecule has 0 unspecified atom stereocenters. The number of aromatic nitrogens is 6. The number of carbonyl (C=O) groups excluding carboxylic acids is 1. The summed E-state index contributed by atoms with van der Waals surface area (Å²) in [5, 5.41) is 21.8. The van der Waals surface area contributed by atoms with Gasteiger partial charge in [-0.2, -0.15) is 5.10 Å². The van der Waals surface area contributed by atoms with Crippen LogP contribution in [-0.4, -0.2) is 55.8 Å². The Hall–Kier alpha value is -4.02. The fourth-order valence-electron chi connectivity index (χ4n) is 5.80. The van der Waals surface area contributed by atoms with E-state index >= 15 is 0 Å². The van der Waals surface area contributed by atoms with Crippen LogP contribution in [-0.2, 0) is 0 Å². The Morgan fingerprint density at radius 3 is 2.81 bits per heavy atom. The number of hydrogen-bond acceptors (Lipinski definition) is 7. The van der Waals surface area contributed by atoms with Crippen molar-refractivity contribution in [2.75, 3.05) is 18.6 Å². The van der Waals surface area contributed by atoms with Gasteiger partial charge in [0.05, 0.1) is 30.4 Å². The number of nitrogens with one attached hydrogen (secondary N) is 2. The Bertz CT molecular complexity index is 1400. The molecule has 192 valence electrons. The van der Waals surface area contributed by atoms with Gasteiger partial charge in [-0.15, -0.1) is 5.10 Å². The molecular weight excluding hydrogens is 475 g/mol. The Kier molecular flexibility index (Phi) is 6.19. The highest BCUT2D eigenvalue weighted by molar-refractivity contribution is 6.01. The zero-order valence-corrected chi connectivity index (χ0v) is 20.6. The Balaban J connectivity index is 1.20. The molecule has 6 rings (SSSR count). The van der Waals surface area contributed by atoms with Gasteiger partial charge in [0.1, 0.15) is 11.6 Å². The molecule has 37 heavy (non-hydrogen) atoms. The average Bonchev–Trinajstić information content (AvgIpc) is 3.69. The van der Waals surface area contributed by atoms with Gasteiger partial charge in [0.15, 0.2) is 5.82 Å². The maximum absolute atomic E-state index is 14.1. The van der Waals surface area contributed by atoms with E-state index in [-0.39, 0.29) is 23.8 Å². The van der Waals surface area contributed by atoms with Gasteiger partial charge >= 0.3 is 0 Å². The van der Waals surface area contributed by atoms with E-state index in [9.17, 15) is 9.18 Å². The van der Waals surface area contributed by atoms with Crippen molar-refractivity contribution in [1.82, 2.24) is 35.6 Å². The van der Waals surface area contributed by atoms with Gasteiger partial charge in [-0.3, -0.25) is 4.79 Å². The zero-order chi connectivity index (χ0) is 25.4. The van der Waals surface area contributed by atoms with E-state index in [2.05, 4.69) is 35.9 Å². The molecule has 11 heteroatoms. The number of tetrazole rings is 1. The van der Waals surface area contributed by atoms with Gasteiger partial charge in [-0.05, 0) is 79.3 Å². The molecule has 1 aliphatic carbocycles. The van der Waals surface area contributed by atoms with Gasteiger partial charge in [0, 0.05) is 36.0 Å². The Morgan fingerprint density at radius 2 is 2.03 bits per heavy atom. The highest BCUT2D eigenvalue weighted by Gasteiger charge is 2.30. The van der Waals surface area contributed by atoms with E-state index in [0.29, 0.717) is 17.2 Å². The minimum atomic E-state index is -0.278. The van der Waals surface area contributed by atoms with Gasteiger partial charge in [-0.1, -0.05) is 0 Å². The van der Waals surface area contributed by atoms with Crippen molar-refractivity contribution in [3.8, 4) is 5.75 Å². The highest BCUT2D eigenvalue weighted by atomic mass is 19.1. The molecule has 1 aromatic carbocycles. The van der Waals surface area contributed by atoms with Crippen LogP contribution in [0.2, 0.25) is 0 Å². The second kappa shape index (κ2) is 9.79. The van der Waals surface area contributed by atoms with Crippen LogP contribution in [0.4, 0.5) is 10.1 Å². The summed E-state index contributed by atoms with van der Waals surface area (Å²) in [6.45, 7) is 0.833. The summed E-state index contributed by atoms with van der Waals surface area (Å²) >= 11 is 0. The van der Waals surface area contributed by atoms with Gasteiger partial charge in [-0.25, -0.2) is 14.0 Å². The van der Waals surface area contributed by atoms with Crippen molar-refractivity contribution < 1.29 is 13.9 Å². The van der Waals surface area contributed by atoms with Crippen molar-refractivity contribution in [3.05, 3.63) is 65.5 Å². The van der Waals surface area contributed by atoms with E-state index in [1.807, 2.05) is 18.3 Å². The third kappa shape index (κ3) is 4.49. The van der Waals surface area contributed by atoms with Gasteiger partial charge in [0.2, 0.25) is 0 Å². The van der Waals surface area contributed by atoms with E-state index in [4.69, 9.17) is 4.74 Å². The van der Waals surface area contributed by atoms with Crippen LogP contribution in [0.1, 0.15) is 72.2 Å². The third-order valence-corrected chi connectivity index (χ3v) is 7.70. The minimum Gasteiger partial charge on any atom is -0.496 e. The molecule has 0 bridgehead atoms. The van der Waals surface area contributed by atoms with Crippen LogP contribution >= 0.6 is 0 Å². The fraction of sp³-hybridized carbons (Fsp3) is 0.423. The molecule has 1 aliphatic heterocycles. The number of fused-ring (bicyclic) bond motifs is 1. The van der Waals surface area contributed by atoms with Crippen LogP contribution in [0.5, 0.6) is 5.75 Å². The lowest BCUT2D eigenvalue weighted by molar-refractivity contribution is 0.0927. The van der Waals surface area contributed by atoms with Crippen LogP contribution in [0, 0.1) is 5.82 Å². The highest BCUT2D eigenvalue weighted by Crippen LogP contribution is 2.40. The average molecular weight is 505 g/mol. The van der Waals surface area contributed by atoms with Gasteiger partial charge in [0.25, 0.3) is 5.91 Å². The number of anilines is 1. The second-order valence-corrected chi connectivity index (χ2v) is 9.82. The molecule has 1 saturated carbocycles. The molecule has 1 amide bonds. The number of benzene rings is 1. The fourth-order valence-corrected chi connectivity index (χ4v) is 5.80. The van der Waals surface area contributed by atoms with Crippen molar-refractivity contribution >= 4 is 17.1 Å². The van der Waals surface area contributed by atoms with Crippen molar-refractivity contribution in [1.29, 1.82) is 0 Å². The Morgan fingerprint density at radius 1 is 1.16 bits per heavy atom. The predicted octanol–water partition coefficient (Wildman–Crippen LogP) is 3.79. The number of carbonyl (C=O) groups is 1. The number of nitrogens with zero attached hydrogens (tertiary/aromatic N) is 6. The lowest BCUT2D eigenvalue weighted by Gasteiger charge is -2.28. The normalized spacial score (nSPS) is 21.9. The molecule has 2 fully saturated rings. The maximum Gasteiger partial charge on any atom is 0.255 e. The smallest absolute Gasteiger partial charge is 0.255 e. The summed E-state index contributed by atoms with van der Waals surface area (Å²) < 4.78 is 21.4. The first-order valence-electron chi connectivity index (χ1n) is 12.7. The van der Waals surface area contributed by atoms with E-state index < -0.39 is 0 Å². The molecule has 0 radical (unpaired) electrons. The SMILES string of the molecule is COc1ccc(F)cc1[C@H]1CCCN1c1ccn2ncc(C(=O)N[C@H]3CC[C@H](c4nnn[nH]4)CC3)c2c1. The van der Waals surface area contributed by atoms with Gasteiger partial charge < -0.3 is 15.0 Å². The summed E-state index contributed by atoms with van der Waals surface area (Å²) in [7, 11) is 1.61. The number of H-pyrrole nitrogens is 1. The summed E-state index contributed by atoms with van der Waals surface area (Å²) in [6, 6.07) is 8.74. The second-order valence-electron chi connectivity index (χ2n) is 9.82. The van der Waals surface area contributed by atoms with Crippen LogP contribution in [0.3, 0.4) is 0 Å². The quantitative estimate of drug-likeness (QED) is 0.411. The molecule has 4 heterocycles. The van der Waals surface area contributed by atoms with Crippen molar-refractivity contribution in [2.45, 2.75) is 56.5 Å². The molecule has 3 aromatic heterocycles. The first-order valence-corrected chi connectivity index (χ1v) is 12.7. The molecule has 2 N–H and O–H groups in total. The third-order valence-electron chi connectivity index (χ3n) is 7.70. The van der Waals surface area contributed by atoms with Crippen LogP contribution in [0.25, 0.3) is 5.52 Å². The number of hydrogen-bond donors (Lipinski definition) is 2. The number of aromatic amines is 1. The van der Waals surface area contributed by atoms with Crippen LogP contribution in [0.15, 0.2) is 42.7 Å². The lowest BCUT2D eigenvalue weighted by atomic mass is 9.85. The molecule has 10 nitrogen and oxygen atoms in total. The number of ether oxygens (including phenoxy) is 1.